The maximum absolute atomic E-state index is 11.6. The molecule has 0 aromatic carbocycles. The number of carboxylic acids is 1. The number of amides is 1. The van der Waals surface area contributed by atoms with Gasteiger partial charge in [0.25, 0.3) is 5.89 Å². The Morgan fingerprint density at radius 2 is 2.25 bits per heavy atom. The molecule has 0 aliphatic rings. The highest BCUT2D eigenvalue weighted by Gasteiger charge is 2.19. The molecule has 0 aliphatic carbocycles. The van der Waals surface area contributed by atoms with Crippen molar-refractivity contribution in [3.8, 4) is 0 Å². The highest BCUT2D eigenvalue weighted by Crippen LogP contribution is 2.01. The summed E-state index contributed by atoms with van der Waals surface area (Å²) in [5.41, 5.74) is 0. The molecule has 1 aromatic rings. The number of aromatic nitrogens is 2. The van der Waals surface area contributed by atoms with Gasteiger partial charge in [-0.1, -0.05) is 24.9 Å². The van der Waals surface area contributed by atoms with Crippen molar-refractivity contribution in [3.05, 3.63) is 11.7 Å². The number of carbonyl (C=O) groups excluding carboxylic acids is 1. The Kier molecular flexibility index (Phi) is 6.65. The molecular formula is C12H19N3O5. The average molecular weight is 285 g/mol. The van der Waals surface area contributed by atoms with Crippen molar-refractivity contribution < 1.29 is 24.0 Å². The molecule has 0 saturated heterocycles. The van der Waals surface area contributed by atoms with E-state index in [4.69, 9.17) is 14.4 Å². The zero-order valence-corrected chi connectivity index (χ0v) is 11.6. The molecule has 0 radical (unpaired) electrons. The van der Waals surface area contributed by atoms with Crippen molar-refractivity contribution in [2.24, 2.45) is 0 Å². The lowest BCUT2D eigenvalue weighted by atomic mass is 10.1. The van der Waals surface area contributed by atoms with E-state index in [0.717, 1.165) is 12.8 Å². The first-order valence-corrected chi connectivity index (χ1v) is 6.42. The second-order valence-corrected chi connectivity index (χ2v) is 4.33. The number of rotatable bonds is 9. The predicted octanol–water partition coefficient (Wildman–Crippen LogP) is 0.654. The Bertz CT molecular complexity index is 446. The average Bonchev–Trinajstić information content (AvgIpc) is 2.80. The SMILES string of the molecule is CCCCC(NC(=O)COCc1nc(C)no1)C(=O)O. The monoisotopic (exact) mass is 285 g/mol. The molecule has 1 heterocycles. The predicted molar refractivity (Wildman–Crippen MR) is 67.8 cm³/mol. The van der Waals surface area contributed by atoms with Crippen LogP contribution in [0.25, 0.3) is 0 Å². The fourth-order valence-electron chi connectivity index (χ4n) is 1.53. The summed E-state index contributed by atoms with van der Waals surface area (Å²) in [4.78, 5) is 26.4. The second kappa shape index (κ2) is 8.26. The lowest BCUT2D eigenvalue weighted by Crippen LogP contribution is -2.42. The van der Waals surface area contributed by atoms with E-state index in [1.807, 2.05) is 6.92 Å². The van der Waals surface area contributed by atoms with Gasteiger partial charge in [0.1, 0.15) is 19.3 Å². The van der Waals surface area contributed by atoms with Crippen LogP contribution in [0.15, 0.2) is 4.52 Å². The molecule has 0 fully saturated rings. The minimum absolute atomic E-state index is 0.0148. The molecule has 0 bridgehead atoms. The molecular weight excluding hydrogens is 266 g/mol. The summed E-state index contributed by atoms with van der Waals surface area (Å²) in [6.45, 7) is 3.39. The number of ether oxygens (including phenoxy) is 1. The van der Waals surface area contributed by atoms with Crippen LogP contribution in [0.1, 0.15) is 37.9 Å². The Morgan fingerprint density at radius 1 is 1.50 bits per heavy atom. The fourth-order valence-corrected chi connectivity index (χ4v) is 1.53. The third-order valence-corrected chi connectivity index (χ3v) is 2.51. The summed E-state index contributed by atoms with van der Waals surface area (Å²) >= 11 is 0. The van der Waals surface area contributed by atoms with Crippen molar-refractivity contribution in [1.29, 1.82) is 0 Å². The first-order valence-electron chi connectivity index (χ1n) is 6.42. The lowest BCUT2D eigenvalue weighted by Gasteiger charge is -2.13. The van der Waals surface area contributed by atoms with Gasteiger partial charge in [-0.05, 0) is 13.3 Å². The number of hydrogen-bond acceptors (Lipinski definition) is 6. The quantitative estimate of drug-likeness (QED) is 0.684. The Balaban J connectivity index is 2.28. The van der Waals surface area contributed by atoms with Gasteiger partial charge < -0.3 is 19.7 Å². The van der Waals surface area contributed by atoms with E-state index in [0.29, 0.717) is 12.2 Å². The van der Waals surface area contributed by atoms with E-state index in [2.05, 4.69) is 15.5 Å². The van der Waals surface area contributed by atoms with E-state index < -0.39 is 17.9 Å². The number of carbonyl (C=O) groups is 2. The lowest BCUT2D eigenvalue weighted by molar-refractivity contribution is -0.142. The van der Waals surface area contributed by atoms with E-state index >= 15 is 0 Å². The van der Waals surface area contributed by atoms with Crippen LogP contribution in [0, 0.1) is 6.92 Å². The fraction of sp³-hybridized carbons (Fsp3) is 0.667. The Hall–Kier alpha value is -1.96. The molecule has 2 N–H and O–H groups in total. The first kappa shape index (κ1) is 16.1. The molecule has 8 heteroatoms. The number of nitrogens with one attached hydrogen (secondary N) is 1. The number of aryl methyl sites for hydroxylation is 1. The van der Waals surface area contributed by atoms with Gasteiger partial charge in [-0.15, -0.1) is 0 Å². The molecule has 20 heavy (non-hydrogen) atoms. The molecule has 1 atom stereocenters. The molecule has 0 saturated carbocycles. The molecule has 112 valence electrons. The van der Waals surface area contributed by atoms with Gasteiger partial charge in [-0.25, -0.2) is 4.79 Å². The molecule has 0 spiro atoms. The van der Waals surface area contributed by atoms with Crippen LogP contribution in [0.2, 0.25) is 0 Å². The normalized spacial score (nSPS) is 12.1. The van der Waals surface area contributed by atoms with Gasteiger partial charge in [-0.3, -0.25) is 4.79 Å². The summed E-state index contributed by atoms with van der Waals surface area (Å²) in [5, 5.41) is 15.0. The van der Waals surface area contributed by atoms with Crippen LogP contribution in [0.3, 0.4) is 0 Å². The van der Waals surface area contributed by atoms with Crippen LogP contribution in [0.5, 0.6) is 0 Å². The molecule has 1 amide bonds. The highest BCUT2D eigenvalue weighted by molar-refractivity contribution is 5.84. The van der Waals surface area contributed by atoms with Gasteiger partial charge in [0.15, 0.2) is 5.82 Å². The Labute approximate surface area is 116 Å². The second-order valence-electron chi connectivity index (χ2n) is 4.33. The van der Waals surface area contributed by atoms with Crippen LogP contribution >= 0.6 is 0 Å². The first-order chi connectivity index (χ1) is 9.52. The summed E-state index contributed by atoms with van der Waals surface area (Å²) in [6, 6.07) is -0.878. The summed E-state index contributed by atoms with van der Waals surface area (Å²) < 4.78 is 9.89. The van der Waals surface area contributed by atoms with Crippen molar-refractivity contribution in [1.82, 2.24) is 15.5 Å². The van der Waals surface area contributed by atoms with E-state index in [1.165, 1.54) is 0 Å². The van der Waals surface area contributed by atoms with Crippen LogP contribution in [-0.4, -0.2) is 39.8 Å². The smallest absolute Gasteiger partial charge is 0.326 e. The van der Waals surface area contributed by atoms with Crippen molar-refractivity contribution in [3.63, 3.8) is 0 Å². The third kappa shape index (κ3) is 5.79. The van der Waals surface area contributed by atoms with Gasteiger partial charge >= 0.3 is 5.97 Å². The van der Waals surface area contributed by atoms with Crippen LogP contribution in [0.4, 0.5) is 0 Å². The standard InChI is InChI=1S/C12H19N3O5/c1-3-4-5-9(12(17)18)14-10(16)6-19-7-11-13-8(2)15-20-11/h9H,3-7H2,1-2H3,(H,14,16)(H,17,18). The van der Waals surface area contributed by atoms with Crippen LogP contribution in [-0.2, 0) is 20.9 Å². The number of aliphatic carboxylic acids is 1. The number of nitrogens with zero attached hydrogens (tertiary/aromatic N) is 2. The van der Waals surface area contributed by atoms with Crippen LogP contribution < -0.4 is 5.32 Å². The number of hydrogen-bond donors (Lipinski definition) is 2. The van der Waals surface area contributed by atoms with Crippen molar-refractivity contribution in [2.45, 2.75) is 45.8 Å². The maximum Gasteiger partial charge on any atom is 0.326 e. The largest absolute Gasteiger partial charge is 0.480 e. The summed E-state index contributed by atoms with van der Waals surface area (Å²) in [7, 11) is 0. The molecule has 1 unspecified atom stereocenters. The minimum Gasteiger partial charge on any atom is -0.480 e. The van der Waals surface area contributed by atoms with E-state index in [-0.39, 0.29) is 19.1 Å². The minimum atomic E-state index is -1.04. The van der Waals surface area contributed by atoms with Crippen molar-refractivity contribution in [2.75, 3.05) is 6.61 Å². The zero-order chi connectivity index (χ0) is 15.0. The van der Waals surface area contributed by atoms with Gasteiger partial charge in [0.2, 0.25) is 5.91 Å². The molecule has 8 nitrogen and oxygen atoms in total. The molecule has 0 aliphatic heterocycles. The highest BCUT2D eigenvalue weighted by atomic mass is 16.5. The third-order valence-electron chi connectivity index (χ3n) is 2.51. The topological polar surface area (TPSA) is 115 Å². The Morgan fingerprint density at radius 3 is 2.80 bits per heavy atom. The maximum atomic E-state index is 11.6. The number of unbranched alkanes of at least 4 members (excludes halogenated alkanes) is 1. The molecule has 1 rings (SSSR count). The molecule has 1 aromatic heterocycles. The summed E-state index contributed by atoms with van der Waals surface area (Å²) in [6.07, 6.45) is 2.01. The summed E-state index contributed by atoms with van der Waals surface area (Å²) in [5.74, 6) is -0.765. The number of carboxylic acid groups (broad SMARTS) is 1. The van der Waals surface area contributed by atoms with E-state index in [1.54, 1.807) is 6.92 Å². The van der Waals surface area contributed by atoms with E-state index in [9.17, 15) is 9.59 Å². The zero-order valence-electron chi connectivity index (χ0n) is 11.6. The van der Waals surface area contributed by atoms with Gasteiger partial charge in [-0.2, -0.15) is 4.98 Å². The van der Waals surface area contributed by atoms with Gasteiger partial charge in [0.05, 0.1) is 0 Å². The van der Waals surface area contributed by atoms with Gasteiger partial charge in [0, 0.05) is 0 Å². The van der Waals surface area contributed by atoms with Crippen molar-refractivity contribution >= 4 is 11.9 Å².